The molecule has 0 N–H and O–H groups in total. The normalized spacial score (nSPS) is 19.5. The van der Waals surface area contributed by atoms with Gasteiger partial charge in [0.05, 0.1) is 0 Å². The van der Waals surface area contributed by atoms with Gasteiger partial charge < -0.3 is 0 Å². The predicted molar refractivity (Wildman–Crippen MR) is 91.5 cm³/mol. The van der Waals surface area contributed by atoms with Crippen LogP contribution in [0.2, 0.25) is 0 Å². The molecule has 1 heterocycles. The molecule has 1 aromatic rings. The van der Waals surface area contributed by atoms with Crippen molar-refractivity contribution in [3.63, 3.8) is 0 Å². The minimum Gasteiger partial charge on any atom is -0.299 e. The van der Waals surface area contributed by atoms with Crippen molar-refractivity contribution in [3.8, 4) is 0 Å². The monoisotopic (exact) mass is 279 g/mol. The summed E-state index contributed by atoms with van der Waals surface area (Å²) < 4.78 is 0. The predicted octanol–water partition coefficient (Wildman–Crippen LogP) is 4.57. The Morgan fingerprint density at radius 3 is 2.71 bits per heavy atom. The third kappa shape index (κ3) is 3.03. The van der Waals surface area contributed by atoms with Gasteiger partial charge in [-0.3, -0.25) is 4.90 Å². The van der Waals surface area contributed by atoms with E-state index in [-0.39, 0.29) is 0 Å². The summed E-state index contributed by atoms with van der Waals surface area (Å²) in [6, 6.07) is 7.07. The second-order valence-electron chi connectivity index (χ2n) is 6.43. The zero-order valence-electron chi connectivity index (χ0n) is 12.9. The molecule has 0 spiro atoms. The van der Waals surface area contributed by atoms with Gasteiger partial charge >= 0.3 is 0 Å². The van der Waals surface area contributed by atoms with Crippen LogP contribution in [-0.2, 0) is 6.42 Å². The van der Waals surface area contributed by atoms with E-state index in [1.165, 1.54) is 54.6 Å². The summed E-state index contributed by atoms with van der Waals surface area (Å²) in [5, 5.41) is 0. The van der Waals surface area contributed by atoms with Gasteiger partial charge in [-0.15, -0.1) is 0 Å². The van der Waals surface area contributed by atoms with Crippen molar-refractivity contribution in [2.24, 2.45) is 0 Å². The Bertz CT molecular complexity index is 574. The van der Waals surface area contributed by atoms with Gasteiger partial charge in [0.1, 0.15) is 0 Å². The second kappa shape index (κ2) is 6.03. The van der Waals surface area contributed by atoms with Crippen LogP contribution in [0, 0.1) is 0 Å². The van der Waals surface area contributed by atoms with Crippen LogP contribution in [-0.4, -0.2) is 24.5 Å². The average molecular weight is 279 g/mol. The molecule has 1 fully saturated rings. The quantitative estimate of drug-likeness (QED) is 0.730. The summed E-state index contributed by atoms with van der Waals surface area (Å²) in [5.41, 5.74) is 6.89. The molecule has 1 nitrogen and oxygen atoms in total. The van der Waals surface area contributed by atoms with E-state index >= 15 is 0 Å². The molecule has 1 aliphatic heterocycles. The fraction of sp³-hybridized carbons (Fsp3) is 0.400. The van der Waals surface area contributed by atoms with Gasteiger partial charge in [-0.2, -0.15) is 0 Å². The van der Waals surface area contributed by atoms with Crippen molar-refractivity contribution in [1.29, 1.82) is 0 Å². The van der Waals surface area contributed by atoms with Crippen molar-refractivity contribution < 1.29 is 0 Å². The van der Waals surface area contributed by atoms with Gasteiger partial charge in [0.25, 0.3) is 0 Å². The van der Waals surface area contributed by atoms with E-state index in [9.17, 15) is 0 Å². The van der Waals surface area contributed by atoms with Crippen molar-refractivity contribution in [1.82, 2.24) is 4.90 Å². The molecule has 2 aliphatic rings. The highest BCUT2D eigenvalue weighted by atomic mass is 15.1. The highest BCUT2D eigenvalue weighted by Crippen LogP contribution is 2.35. The van der Waals surface area contributed by atoms with E-state index in [0.29, 0.717) is 0 Å². The van der Waals surface area contributed by atoms with Crippen LogP contribution in [0.4, 0.5) is 0 Å². The fourth-order valence-electron chi connectivity index (χ4n) is 3.62. The van der Waals surface area contributed by atoms with E-state index in [1.807, 2.05) is 6.08 Å². The van der Waals surface area contributed by atoms with Gasteiger partial charge in [0.15, 0.2) is 0 Å². The molecule has 0 amide bonds. The summed E-state index contributed by atoms with van der Waals surface area (Å²) in [6.45, 7) is 15.3. The molecule has 0 bridgehead atoms. The second-order valence-corrected chi connectivity index (χ2v) is 6.43. The van der Waals surface area contributed by atoms with E-state index < -0.39 is 0 Å². The first kappa shape index (κ1) is 14.3. The number of rotatable bonds is 4. The molecule has 110 valence electrons. The van der Waals surface area contributed by atoms with Crippen LogP contribution in [0.1, 0.15) is 41.9 Å². The SMILES string of the molecule is C=CC(=C)CN1CCC(c2ccc3c(c2)CCC3=C)CC1. The summed E-state index contributed by atoms with van der Waals surface area (Å²) in [5.74, 6) is 0.720. The first-order valence-corrected chi connectivity index (χ1v) is 8.01. The Morgan fingerprint density at radius 2 is 2.00 bits per heavy atom. The molecule has 0 saturated carbocycles. The molecule has 0 aromatic heterocycles. The topological polar surface area (TPSA) is 3.24 Å². The molecule has 1 aliphatic carbocycles. The summed E-state index contributed by atoms with van der Waals surface area (Å²) >= 11 is 0. The third-order valence-corrected chi connectivity index (χ3v) is 4.98. The first-order valence-electron chi connectivity index (χ1n) is 8.01. The number of hydrogen-bond donors (Lipinski definition) is 0. The number of hydrogen-bond acceptors (Lipinski definition) is 1. The van der Waals surface area contributed by atoms with Crippen molar-refractivity contribution in [3.05, 3.63) is 66.3 Å². The van der Waals surface area contributed by atoms with E-state index in [0.717, 1.165) is 24.5 Å². The number of allylic oxidation sites excluding steroid dienone is 1. The lowest BCUT2D eigenvalue weighted by Crippen LogP contribution is -2.34. The number of likely N-dealkylation sites (tertiary alicyclic amines) is 1. The lowest BCUT2D eigenvalue weighted by molar-refractivity contribution is 0.229. The lowest BCUT2D eigenvalue weighted by atomic mass is 9.87. The maximum atomic E-state index is 4.16. The van der Waals surface area contributed by atoms with Crippen LogP contribution in [0.25, 0.3) is 5.57 Å². The molecule has 1 saturated heterocycles. The summed E-state index contributed by atoms with van der Waals surface area (Å²) in [7, 11) is 0. The standard InChI is InChI=1S/C20H25N/c1-4-15(2)14-21-11-9-17(10-12-21)18-7-8-20-16(3)5-6-19(20)13-18/h4,7-8,13,17H,1-3,5-6,9-12,14H2. The minimum absolute atomic E-state index is 0.720. The summed E-state index contributed by atoms with van der Waals surface area (Å²) in [6.07, 6.45) is 6.70. The Hall–Kier alpha value is -1.60. The Labute approximate surface area is 128 Å². The van der Waals surface area contributed by atoms with Crippen LogP contribution < -0.4 is 0 Å². The number of aryl methyl sites for hydroxylation is 1. The van der Waals surface area contributed by atoms with Gasteiger partial charge in [0, 0.05) is 6.54 Å². The first-order chi connectivity index (χ1) is 10.2. The maximum Gasteiger partial charge on any atom is 0.0227 e. The van der Waals surface area contributed by atoms with Crippen LogP contribution in [0.5, 0.6) is 0 Å². The maximum absolute atomic E-state index is 4.16. The zero-order valence-corrected chi connectivity index (χ0v) is 12.9. The minimum atomic E-state index is 0.720. The molecule has 0 unspecified atom stereocenters. The molecule has 0 radical (unpaired) electrons. The molecule has 1 aromatic carbocycles. The van der Waals surface area contributed by atoms with Crippen molar-refractivity contribution in [2.45, 2.75) is 31.6 Å². The fourth-order valence-corrected chi connectivity index (χ4v) is 3.62. The van der Waals surface area contributed by atoms with Gasteiger partial charge in [-0.25, -0.2) is 0 Å². The average Bonchev–Trinajstić information content (AvgIpc) is 2.89. The van der Waals surface area contributed by atoms with E-state index in [1.54, 1.807) is 0 Å². The third-order valence-electron chi connectivity index (χ3n) is 4.98. The zero-order chi connectivity index (χ0) is 14.8. The van der Waals surface area contributed by atoms with Crippen molar-refractivity contribution in [2.75, 3.05) is 19.6 Å². The largest absolute Gasteiger partial charge is 0.299 e. The van der Waals surface area contributed by atoms with E-state index in [2.05, 4.69) is 42.8 Å². The highest BCUT2D eigenvalue weighted by molar-refractivity contribution is 5.71. The van der Waals surface area contributed by atoms with Crippen molar-refractivity contribution >= 4 is 5.57 Å². The van der Waals surface area contributed by atoms with Crippen LogP contribution in [0.3, 0.4) is 0 Å². The molecular weight excluding hydrogens is 254 g/mol. The van der Waals surface area contributed by atoms with Crippen LogP contribution in [0.15, 0.2) is 49.6 Å². The van der Waals surface area contributed by atoms with Gasteiger partial charge in [-0.05, 0) is 72.5 Å². The number of nitrogens with zero attached hydrogens (tertiary/aromatic N) is 1. The lowest BCUT2D eigenvalue weighted by Gasteiger charge is -2.32. The Kier molecular flexibility index (Phi) is 4.12. The van der Waals surface area contributed by atoms with Gasteiger partial charge in [0.2, 0.25) is 0 Å². The van der Waals surface area contributed by atoms with Crippen LogP contribution >= 0.6 is 0 Å². The molecule has 3 rings (SSSR count). The molecular formula is C20H25N. The Morgan fingerprint density at radius 1 is 1.24 bits per heavy atom. The molecule has 21 heavy (non-hydrogen) atoms. The number of benzene rings is 1. The number of fused-ring (bicyclic) bond motifs is 1. The molecule has 1 heteroatoms. The van der Waals surface area contributed by atoms with Gasteiger partial charge in [-0.1, -0.05) is 44.0 Å². The number of piperidine rings is 1. The molecule has 0 atom stereocenters. The Balaban J connectivity index is 1.63. The van der Waals surface area contributed by atoms with E-state index in [4.69, 9.17) is 0 Å². The smallest absolute Gasteiger partial charge is 0.0227 e. The summed E-state index contributed by atoms with van der Waals surface area (Å²) in [4.78, 5) is 2.50. The highest BCUT2D eigenvalue weighted by Gasteiger charge is 2.22.